The van der Waals surface area contributed by atoms with Crippen LogP contribution in [0.25, 0.3) is 49.7 Å². The first kappa shape index (κ1) is 47.0. The summed E-state index contributed by atoms with van der Waals surface area (Å²) < 4.78 is 63.1. The Morgan fingerprint density at radius 2 is 1.16 bits per heavy atom. The molecule has 0 spiro atoms. The van der Waals surface area contributed by atoms with E-state index in [4.69, 9.17) is 17.9 Å². The maximum absolute atomic E-state index is 8.99. The van der Waals surface area contributed by atoms with Crippen LogP contribution in [-0.4, -0.2) is 39.5 Å². The van der Waals surface area contributed by atoms with Crippen molar-refractivity contribution in [3.05, 3.63) is 294 Å². The summed E-state index contributed by atoms with van der Waals surface area (Å²) in [7, 11) is 0. The molecule has 9 aromatic rings. The predicted octanol–water partition coefficient (Wildman–Crippen LogP) is 18.4. The molecule has 7 heterocycles. The van der Waals surface area contributed by atoms with Crippen molar-refractivity contribution in [2.24, 2.45) is 0 Å². The molecule has 0 saturated heterocycles. The van der Waals surface area contributed by atoms with E-state index in [9.17, 15) is 0 Å². The summed E-state index contributed by atoms with van der Waals surface area (Å²) in [5.74, 6) is 6.16. The molecule has 9 heteroatoms. The molecule has 5 aliphatic heterocycles. The number of pyridine rings is 1. The Morgan fingerprint density at radius 1 is 0.518 bits per heavy atom. The third kappa shape index (κ3) is 9.85. The van der Waals surface area contributed by atoms with Gasteiger partial charge in [-0.15, -0.1) is 0 Å². The SMILES string of the molecule is [2H]C([2H])([2H])C(c1ccccc1)(c1ccnc(-n2c3ccc(C(C)(C)C)cc3c3ccc(Oc4cc(-c5ccccc5)cc(N5CN(Cc6c(C7=CC=CN8C=CC=CB78)cc(C(C)(C)C)cc6C6=CC=CN7C=CC=CB67)c6ccccc65)c4)cc32)c1)C([2H])([2H])[2H]. The van der Waals surface area contributed by atoms with Gasteiger partial charge in [-0.05, 0) is 182 Å². The average Bonchev–Trinajstić information content (AvgIpc) is 1.29. The molecule has 0 saturated carbocycles. The minimum Gasteiger partial charge on any atom is -0.457 e. The molecule has 0 N–H and O–H groups in total. The molecule has 85 heavy (non-hydrogen) atoms. The molecule has 0 aliphatic carbocycles. The Balaban J connectivity index is 0.892. The Morgan fingerprint density at radius 3 is 1.84 bits per heavy atom. The first-order chi connectivity index (χ1) is 43.6. The zero-order chi connectivity index (χ0) is 63.2. The lowest BCUT2D eigenvalue weighted by molar-refractivity contribution is 0.483. The van der Waals surface area contributed by atoms with Crippen LogP contribution >= 0.6 is 0 Å². The van der Waals surface area contributed by atoms with E-state index in [2.05, 4.69) is 249 Å². The van der Waals surface area contributed by atoms with Gasteiger partial charge in [-0.2, -0.15) is 0 Å². The predicted molar refractivity (Wildman–Crippen MR) is 359 cm³/mol. The molecule has 0 atom stereocenters. The van der Waals surface area contributed by atoms with Crippen molar-refractivity contribution >= 4 is 63.5 Å². The number of para-hydroxylation sites is 2. The summed E-state index contributed by atoms with van der Waals surface area (Å²) >= 11 is 0. The number of benzene rings is 7. The Hall–Kier alpha value is -9.46. The largest absolute Gasteiger partial charge is 0.457 e. The zero-order valence-corrected chi connectivity index (χ0v) is 48.9. The summed E-state index contributed by atoms with van der Waals surface area (Å²) in [5.41, 5.74) is 13.0. The number of hydrogen-bond acceptors (Lipinski definition) is 6. The minimum absolute atomic E-state index is 0.0257. The Bertz CT molecular complexity index is 4520. The standard InChI is InChI=1S/C76H70B2N6O/c1-74(2,3)56-31-34-69-65(45-56)62-33-32-60(50-72(62)84(69)73-48-57(35-38-79-73)76(7,8)55-25-13-10-14-26-55)85-61-44-54(53-23-11-9-12-24-53)43-59(49-61)83-52-80(70-29-15-16-30-71(70)83)51-66-63(67-27-21-41-81-39-19-17-36-77(67)81)46-58(75(4,5)6)47-64(66)68-28-22-42-82-40-20-18-37-78(68)82/h9-50H,51-52H2,1-8H3/i7D3,8D3. The van der Waals surface area contributed by atoms with Crippen molar-refractivity contribution in [2.75, 3.05) is 16.5 Å². The molecule has 7 nitrogen and oxygen atoms in total. The smallest absolute Gasteiger partial charge is 0.320 e. The van der Waals surface area contributed by atoms with Crippen molar-refractivity contribution < 1.29 is 13.0 Å². The van der Waals surface area contributed by atoms with Gasteiger partial charge in [0.15, 0.2) is 0 Å². The second-order valence-electron chi connectivity index (χ2n) is 24.9. The number of ether oxygens (including phenoxy) is 1. The second-order valence-corrected chi connectivity index (χ2v) is 24.9. The average molecular weight is 1110 g/mol. The van der Waals surface area contributed by atoms with Crippen molar-refractivity contribution in [1.29, 1.82) is 0 Å². The molecule has 0 fully saturated rings. The van der Waals surface area contributed by atoms with Crippen LogP contribution in [0.3, 0.4) is 0 Å². The maximum atomic E-state index is 8.99. The van der Waals surface area contributed by atoms with Crippen molar-refractivity contribution in [1.82, 2.24) is 19.2 Å². The summed E-state index contributed by atoms with van der Waals surface area (Å²) in [6, 6.07) is 54.4. The fourth-order valence-electron chi connectivity index (χ4n) is 12.8. The summed E-state index contributed by atoms with van der Waals surface area (Å²) in [6.07, 6.45) is 27.7. The van der Waals surface area contributed by atoms with Gasteiger partial charge in [-0.25, -0.2) is 4.98 Å². The molecular formula is C76H70B2N6O. The fraction of sp³-hybridized carbons (Fsp3) is 0.171. The molecule has 14 rings (SSSR count). The monoisotopic (exact) mass is 1110 g/mol. The number of allylic oxidation sites excluding steroid dienone is 8. The van der Waals surface area contributed by atoms with E-state index < -0.39 is 19.1 Å². The van der Waals surface area contributed by atoms with E-state index in [1.54, 1.807) is 36.4 Å². The topological polar surface area (TPSA) is 40.0 Å². The van der Waals surface area contributed by atoms with Crippen LogP contribution in [0.15, 0.2) is 255 Å². The third-order valence-electron chi connectivity index (χ3n) is 17.3. The first-order valence-corrected chi connectivity index (χ1v) is 29.4. The first-order valence-electron chi connectivity index (χ1n) is 32.4. The summed E-state index contributed by atoms with van der Waals surface area (Å²) in [6.45, 7) is 8.75. The summed E-state index contributed by atoms with van der Waals surface area (Å²) in [4.78, 5) is 14.4. The van der Waals surface area contributed by atoms with Crippen LogP contribution in [-0.2, 0) is 22.8 Å². The molecule has 5 aliphatic rings. The Kier molecular flexibility index (Phi) is 11.6. The lowest BCUT2D eigenvalue weighted by atomic mass is 9.48. The lowest BCUT2D eigenvalue weighted by Gasteiger charge is -2.35. The van der Waals surface area contributed by atoms with E-state index in [0.717, 1.165) is 55.6 Å². The van der Waals surface area contributed by atoms with Crippen LogP contribution in [0.2, 0.25) is 0 Å². The number of rotatable bonds is 11. The van der Waals surface area contributed by atoms with Crippen molar-refractivity contribution in [2.45, 2.75) is 78.0 Å². The maximum Gasteiger partial charge on any atom is 0.320 e. The van der Waals surface area contributed by atoms with E-state index in [0.29, 0.717) is 30.5 Å². The molecule has 2 aromatic heterocycles. The van der Waals surface area contributed by atoms with Crippen LogP contribution in [0, 0.1) is 0 Å². The number of hydrogen-bond donors (Lipinski definition) is 0. The molecule has 7 aromatic carbocycles. The van der Waals surface area contributed by atoms with Gasteiger partial charge in [0.25, 0.3) is 0 Å². The van der Waals surface area contributed by atoms with Gasteiger partial charge >= 0.3 is 13.7 Å². The van der Waals surface area contributed by atoms with Gasteiger partial charge in [-0.1, -0.05) is 182 Å². The highest BCUT2D eigenvalue weighted by molar-refractivity contribution is 6.83. The number of anilines is 3. The van der Waals surface area contributed by atoms with E-state index in [-0.39, 0.29) is 35.7 Å². The van der Waals surface area contributed by atoms with Crippen LogP contribution in [0.4, 0.5) is 17.1 Å². The normalized spacial score (nSPS) is 16.8. The van der Waals surface area contributed by atoms with Gasteiger partial charge in [0.05, 0.1) is 29.1 Å². The van der Waals surface area contributed by atoms with Gasteiger partial charge in [-0.3, -0.25) is 4.57 Å². The quantitative estimate of drug-likeness (QED) is 0.120. The number of fused-ring (bicyclic) bond motifs is 6. The van der Waals surface area contributed by atoms with Crippen molar-refractivity contribution in [3.8, 4) is 28.4 Å². The second kappa shape index (κ2) is 21.0. The van der Waals surface area contributed by atoms with Gasteiger partial charge in [0.2, 0.25) is 0 Å². The van der Waals surface area contributed by atoms with E-state index in [1.165, 1.54) is 45.5 Å². The van der Waals surface area contributed by atoms with E-state index in [1.807, 2.05) is 22.8 Å². The van der Waals surface area contributed by atoms with Gasteiger partial charge in [0.1, 0.15) is 17.3 Å². The van der Waals surface area contributed by atoms with Crippen molar-refractivity contribution in [3.63, 3.8) is 0 Å². The Labute approximate surface area is 510 Å². The van der Waals surface area contributed by atoms with Gasteiger partial charge < -0.3 is 24.2 Å². The number of nitrogens with zero attached hydrogens (tertiary/aromatic N) is 6. The van der Waals surface area contributed by atoms with E-state index >= 15 is 0 Å². The molecule has 0 bridgehead atoms. The van der Waals surface area contributed by atoms with Gasteiger partial charge in [0, 0.05) is 55.0 Å². The van der Waals surface area contributed by atoms with Crippen LogP contribution < -0.4 is 14.5 Å². The minimum atomic E-state index is -2.98. The molecule has 0 amide bonds. The van der Waals surface area contributed by atoms with Crippen LogP contribution in [0.5, 0.6) is 11.5 Å². The third-order valence-corrected chi connectivity index (χ3v) is 17.3. The zero-order valence-electron chi connectivity index (χ0n) is 54.9. The highest BCUT2D eigenvalue weighted by atomic mass is 16.5. The van der Waals surface area contributed by atoms with Crippen LogP contribution in [0.1, 0.15) is 102 Å². The molecule has 0 radical (unpaired) electrons. The lowest BCUT2D eigenvalue weighted by Crippen LogP contribution is -2.37. The highest BCUT2D eigenvalue weighted by Crippen LogP contribution is 2.47. The molecular weight excluding hydrogens is 1030 g/mol. The fourth-order valence-corrected chi connectivity index (χ4v) is 12.8. The number of aromatic nitrogens is 2. The molecule has 416 valence electrons. The highest BCUT2D eigenvalue weighted by Gasteiger charge is 2.36. The molecule has 0 unspecified atom stereocenters. The summed E-state index contributed by atoms with van der Waals surface area (Å²) in [5, 5.41) is 1.89.